The summed E-state index contributed by atoms with van der Waals surface area (Å²) < 4.78 is 4.87. The van der Waals surface area contributed by atoms with Crippen molar-refractivity contribution >= 4 is 29.9 Å². The van der Waals surface area contributed by atoms with Gasteiger partial charge in [0.25, 0.3) is 0 Å². The number of aryl methyl sites for hydroxylation is 1. The summed E-state index contributed by atoms with van der Waals surface area (Å²) in [4.78, 5) is 11.9. The van der Waals surface area contributed by atoms with Crippen molar-refractivity contribution < 1.29 is 9.32 Å². The van der Waals surface area contributed by atoms with Crippen molar-refractivity contribution in [2.75, 3.05) is 13.1 Å². The van der Waals surface area contributed by atoms with Gasteiger partial charge in [0, 0.05) is 18.0 Å². The molecule has 0 aromatic carbocycles. The van der Waals surface area contributed by atoms with Crippen molar-refractivity contribution in [3.63, 3.8) is 0 Å². The van der Waals surface area contributed by atoms with Crippen molar-refractivity contribution in [1.82, 2.24) is 15.8 Å². The van der Waals surface area contributed by atoms with Crippen LogP contribution in [0.15, 0.2) is 4.52 Å². The Morgan fingerprint density at radius 2 is 2.35 bits per heavy atom. The smallest absolute Gasteiger partial charge is 0.229 e. The van der Waals surface area contributed by atoms with E-state index in [-0.39, 0.29) is 24.4 Å². The van der Waals surface area contributed by atoms with Gasteiger partial charge in [-0.2, -0.15) is 0 Å². The molecular weight excluding hydrogens is 301 g/mol. The summed E-state index contributed by atoms with van der Waals surface area (Å²) >= 11 is 5.87. The van der Waals surface area contributed by atoms with Gasteiger partial charge in [0.1, 0.15) is 0 Å². The van der Waals surface area contributed by atoms with Gasteiger partial charge in [-0.05, 0) is 50.4 Å². The molecule has 1 amide bonds. The molecule has 0 saturated carbocycles. The van der Waals surface area contributed by atoms with Crippen LogP contribution in [0.4, 0.5) is 0 Å². The highest BCUT2D eigenvalue weighted by atomic mass is 35.5. The van der Waals surface area contributed by atoms with Crippen LogP contribution in [0.2, 0.25) is 5.22 Å². The lowest BCUT2D eigenvalue weighted by Gasteiger charge is -2.30. The lowest BCUT2D eigenvalue weighted by Crippen LogP contribution is -2.48. The van der Waals surface area contributed by atoms with Gasteiger partial charge in [0.15, 0.2) is 0 Å². The topological polar surface area (TPSA) is 67.2 Å². The molecule has 0 spiro atoms. The Morgan fingerprint density at radius 3 is 2.95 bits per heavy atom. The average molecular weight is 322 g/mol. The summed E-state index contributed by atoms with van der Waals surface area (Å²) in [5, 5.41) is 10.5. The summed E-state index contributed by atoms with van der Waals surface area (Å²) in [5.41, 5.74) is 1.59. The van der Waals surface area contributed by atoms with Crippen molar-refractivity contribution in [3.05, 3.63) is 16.5 Å². The van der Waals surface area contributed by atoms with E-state index in [0.29, 0.717) is 24.0 Å². The minimum atomic E-state index is 0. The molecule has 2 rings (SSSR count). The Labute approximate surface area is 130 Å². The lowest BCUT2D eigenvalue weighted by molar-refractivity contribution is -0.122. The van der Waals surface area contributed by atoms with Crippen LogP contribution in [-0.4, -0.2) is 30.2 Å². The van der Waals surface area contributed by atoms with Crippen LogP contribution < -0.4 is 10.6 Å². The van der Waals surface area contributed by atoms with Crippen molar-refractivity contribution in [1.29, 1.82) is 0 Å². The molecule has 20 heavy (non-hydrogen) atoms. The molecule has 2 atom stereocenters. The zero-order valence-electron chi connectivity index (χ0n) is 11.7. The van der Waals surface area contributed by atoms with Crippen LogP contribution in [0.3, 0.4) is 0 Å². The number of hydrogen-bond acceptors (Lipinski definition) is 4. The third kappa shape index (κ3) is 4.36. The summed E-state index contributed by atoms with van der Waals surface area (Å²) in [6, 6.07) is 0.271. The first-order valence-electron chi connectivity index (χ1n) is 6.68. The number of carbonyl (C=O) groups is 1. The van der Waals surface area contributed by atoms with Crippen LogP contribution in [0, 0.1) is 12.8 Å². The molecule has 1 aromatic heterocycles. The largest absolute Gasteiger partial charge is 0.353 e. The molecule has 1 saturated heterocycles. The van der Waals surface area contributed by atoms with E-state index in [1.807, 2.05) is 6.92 Å². The first kappa shape index (κ1) is 17.3. The monoisotopic (exact) mass is 321 g/mol. The van der Waals surface area contributed by atoms with Gasteiger partial charge in [0.2, 0.25) is 11.1 Å². The van der Waals surface area contributed by atoms with Crippen LogP contribution in [0.1, 0.15) is 31.0 Å². The number of carbonyl (C=O) groups excluding carboxylic acids is 1. The minimum absolute atomic E-state index is 0. The number of halogens is 2. The predicted octanol–water partition coefficient (Wildman–Crippen LogP) is 2.11. The van der Waals surface area contributed by atoms with Crippen molar-refractivity contribution in [2.24, 2.45) is 5.92 Å². The molecule has 1 aliphatic rings. The van der Waals surface area contributed by atoms with Gasteiger partial charge in [-0.15, -0.1) is 12.4 Å². The van der Waals surface area contributed by atoms with Crippen LogP contribution >= 0.6 is 24.0 Å². The van der Waals surface area contributed by atoms with Crippen molar-refractivity contribution in [3.8, 4) is 0 Å². The van der Waals surface area contributed by atoms with Gasteiger partial charge >= 0.3 is 0 Å². The predicted molar refractivity (Wildman–Crippen MR) is 80.4 cm³/mol. The molecule has 2 N–H and O–H groups in total. The lowest BCUT2D eigenvalue weighted by atomic mass is 9.95. The van der Waals surface area contributed by atoms with Gasteiger partial charge < -0.3 is 15.2 Å². The zero-order valence-corrected chi connectivity index (χ0v) is 13.3. The van der Waals surface area contributed by atoms with E-state index >= 15 is 0 Å². The molecular formula is C13H21Cl2N3O2. The fourth-order valence-corrected chi connectivity index (χ4v) is 2.65. The molecule has 0 bridgehead atoms. The van der Waals surface area contributed by atoms with E-state index in [0.717, 1.165) is 30.8 Å². The summed E-state index contributed by atoms with van der Waals surface area (Å²) in [6.07, 6.45) is 1.97. The van der Waals surface area contributed by atoms with Crippen molar-refractivity contribution in [2.45, 2.75) is 39.2 Å². The number of nitrogens with zero attached hydrogens (tertiary/aromatic N) is 1. The third-order valence-corrected chi connectivity index (χ3v) is 3.97. The molecule has 2 unspecified atom stereocenters. The minimum Gasteiger partial charge on any atom is -0.353 e. The third-order valence-electron chi connectivity index (χ3n) is 3.67. The SMILES string of the molecule is Cc1noc(Cl)c1CCC(=O)NC1CCNCC1C.Cl. The van der Waals surface area contributed by atoms with Crippen LogP contribution in [0.5, 0.6) is 0 Å². The summed E-state index contributed by atoms with van der Waals surface area (Å²) in [7, 11) is 0. The van der Waals surface area contributed by atoms with Gasteiger partial charge in [-0.25, -0.2) is 0 Å². The molecule has 7 heteroatoms. The fourth-order valence-electron chi connectivity index (χ4n) is 2.39. The number of amides is 1. The van der Waals surface area contributed by atoms with Gasteiger partial charge in [-0.1, -0.05) is 12.1 Å². The Morgan fingerprint density at radius 1 is 1.60 bits per heavy atom. The highest BCUT2D eigenvalue weighted by molar-refractivity contribution is 6.29. The maximum absolute atomic E-state index is 11.9. The molecule has 1 fully saturated rings. The quantitative estimate of drug-likeness (QED) is 0.891. The second kappa shape index (κ2) is 7.86. The number of rotatable bonds is 4. The Kier molecular flexibility index (Phi) is 6.79. The average Bonchev–Trinajstić information content (AvgIpc) is 2.70. The van der Waals surface area contributed by atoms with Crippen LogP contribution in [-0.2, 0) is 11.2 Å². The second-order valence-corrected chi connectivity index (χ2v) is 5.51. The maximum atomic E-state index is 11.9. The first-order valence-corrected chi connectivity index (χ1v) is 7.06. The van der Waals surface area contributed by atoms with E-state index in [2.05, 4.69) is 22.7 Å². The Balaban J connectivity index is 0.00000200. The zero-order chi connectivity index (χ0) is 13.8. The second-order valence-electron chi connectivity index (χ2n) is 5.16. The molecule has 1 aromatic rings. The number of aromatic nitrogens is 1. The van der Waals surface area contributed by atoms with E-state index in [1.165, 1.54) is 0 Å². The Hall–Kier alpha value is -0.780. The summed E-state index contributed by atoms with van der Waals surface area (Å²) in [5.74, 6) is 0.536. The highest BCUT2D eigenvalue weighted by Gasteiger charge is 2.22. The molecule has 0 aliphatic carbocycles. The Bertz CT molecular complexity index is 431. The number of piperidine rings is 1. The molecule has 0 radical (unpaired) electrons. The molecule has 2 heterocycles. The number of hydrogen-bond donors (Lipinski definition) is 2. The fraction of sp³-hybridized carbons (Fsp3) is 0.692. The number of nitrogens with one attached hydrogen (secondary N) is 2. The molecule has 5 nitrogen and oxygen atoms in total. The molecule has 114 valence electrons. The standard InChI is InChI=1S/C13H20ClN3O2.ClH/c1-8-7-15-6-5-11(8)16-12(18)4-3-10-9(2)17-19-13(10)14;/h8,11,15H,3-7H2,1-2H3,(H,16,18);1H. The van der Waals surface area contributed by atoms with E-state index in [9.17, 15) is 4.79 Å². The van der Waals surface area contributed by atoms with E-state index < -0.39 is 0 Å². The summed E-state index contributed by atoms with van der Waals surface area (Å²) in [6.45, 7) is 5.91. The van der Waals surface area contributed by atoms with Gasteiger partial charge in [-0.3, -0.25) is 4.79 Å². The maximum Gasteiger partial charge on any atom is 0.229 e. The van der Waals surface area contributed by atoms with Gasteiger partial charge in [0.05, 0.1) is 5.69 Å². The normalized spacial score (nSPS) is 22.1. The highest BCUT2D eigenvalue weighted by Crippen LogP contribution is 2.20. The van der Waals surface area contributed by atoms with E-state index in [1.54, 1.807) is 0 Å². The van der Waals surface area contributed by atoms with Crippen LogP contribution in [0.25, 0.3) is 0 Å². The first-order chi connectivity index (χ1) is 9.08. The molecule has 1 aliphatic heterocycles. The van der Waals surface area contributed by atoms with E-state index in [4.69, 9.17) is 16.1 Å².